The van der Waals surface area contributed by atoms with Crippen molar-refractivity contribution in [3.05, 3.63) is 53.9 Å². The molecule has 0 fully saturated rings. The van der Waals surface area contributed by atoms with Crippen LogP contribution in [0.1, 0.15) is 17.3 Å². The van der Waals surface area contributed by atoms with Gasteiger partial charge in [-0.05, 0) is 24.6 Å². The van der Waals surface area contributed by atoms with Crippen LogP contribution < -0.4 is 10.1 Å². The summed E-state index contributed by atoms with van der Waals surface area (Å²) >= 11 is 0. The lowest BCUT2D eigenvalue weighted by atomic mass is 10.2. The molecular weight excluding hydrogens is 322 g/mol. The van der Waals surface area contributed by atoms with Crippen molar-refractivity contribution in [3.8, 4) is 5.75 Å². The molecule has 1 aromatic carbocycles. The van der Waals surface area contributed by atoms with Gasteiger partial charge in [0.1, 0.15) is 5.75 Å². The lowest BCUT2D eigenvalue weighted by Gasteiger charge is -2.08. The number of hydrogen-bond acceptors (Lipinski definition) is 6. The van der Waals surface area contributed by atoms with Crippen LogP contribution in [0.5, 0.6) is 5.75 Å². The lowest BCUT2D eigenvalue weighted by molar-refractivity contribution is -0.115. The fraction of sp³-hybridized carbons (Fsp3) is 0.294. The molecule has 0 bridgehead atoms. The summed E-state index contributed by atoms with van der Waals surface area (Å²) < 4.78 is 12.2. The molecule has 1 amide bonds. The molecule has 130 valence electrons. The molecular formula is C17H19N5O3. The van der Waals surface area contributed by atoms with Crippen molar-refractivity contribution in [1.82, 2.24) is 19.9 Å². The minimum Gasteiger partial charge on any atom is -0.495 e. The van der Waals surface area contributed by atoms with Crippen LogP contribution in [-0.2, 0) is 24.2 Å². The standard InChI is InChI=1S/C17H19N5O3/c1-12-10-18-22(11-12)8-7-17-20-15(21-25-17)9-16(23)19-13-5-3-4-6-14(13)24-2/h3-6,10-11H,7-9H2,1-2H3,(H,19,23). The number of carbonyl (C=O) groups excluding carboxylic acids is 1. The van der Waals surface area contributed by atoms with E-state index in [1.54, 1.807) is 25.4 Å². The molecule has 0 spiro atoms. The largest absolute Gasteiger partial charge is 0.495 e. The van der Waals surface area contributed by atoms with Crippen molar-refractivity contribution in [2.75, 3.05) is 12.4 Å². The quantitative estimate of drug-likeness (QED) is 0.706. The van der Waals surface area contributed by atoms with E-state index in [-0.39, 0.29) is 12.3 Å². The number of amides is 1. The Morgan fingerprint density at radius 2 is 2.20 bits per heavy atom. The minimum absolute atomic E-state index is 0.0302. The van der Waals surface area contributed by atoms with E-state index in [2.05, 4.69) is 20.6 Å². The van der Waals surface area contributed by atoms with E-state index in [0.29, 0.717) is 36.1 Å². The molecule has 0 aliphatic rings. The van der Waals surface area contributed by atoms with Gasteiger partial charge in [0.25, 0.3) is 0 Å². The van der Waals surface area contributed by atoms with E-state index in [1.165, 1.54) is 0 Å². The van der Waals surface area contributed by atoms with Crippen LogP contribution in [0.2, 0.25) is 0 Å². The number of hydrogen-bond donors (Lipinski definition) is 1. The summed E-state index contributed by atoms with van der Waals surface area (Å²) in [5, 5.41) is 10.8. The minimum atomic E-state index is -0.237. The topological polar surface area (TPSA) is 95.1 Å². The smallest absolute Gasteiger partial charge is 0.232 e. The third kappa shape index (κ3) is 4.43. The van der Waals surface area contributed by atoms with Gasteiger partial charge in [-0.25, -0.2) is 0 Å². The molecule has 0 atom stereocenters. The number of aryl methyl sites for hydroxylation is 3. The molecule has 25 heavy (non-hydrogen) atoms. The average Bonchev–Trinajstić information content (AvgIpc) is 3.22. The summed E-state index contributed by atoms with van der Waals surface area (Å²) in [7, 11) is 1.55. The number of rotatable bonds is 7. The number of para-hydroxylation sites is 2. The molecule has 8 nitrogen and oxygen atoms in total. The maximum absolute atomic E-state index is 12.1. The van der Waals surface area contributed by atoms with E-state index < -0.39 is 0 Å². The molecule has 0 aliphatic carbocycles. The van der Waals surface area contributed by atoms with E-state index in [9.17, 15) is 4.79 Å². The normalized spacial score (nSPS) is 10.6. The monoisotopic (exact) mass is 341 g/mol. The first kappa shape index (κ1) is 16.7. The van der Waals surface area contributed by atoms with Crippen molar-refractivity contribution in [3.63, 3.8) is 0 Å². The molecule has 3 aromatic rings. The maximum Gasteiger partial charge on any atom is 0.232 e. The molecule has 3 rings (SSSR count). The zero-order valence-corrected chi connectivity index (χ0v) is 14.1. The molecule has 0 unspecified atom stereocenters. The van der Waals surface area contributed by atoms with Crippen molar-refractivity contribution in [2.45, 2.75) is 26.3 Å². The molecule has 2 heterocycles. The summed E-state index contributed by atoms with van der Waals surface area (Å²) in [5.74, 6) is 1.19. The summed E-state index contributed by atoms with van der Waals surface area (Å²) in [6, 6.07) is 7.20. The Hall–Kier alpha value is -3.16. The van der Waals surface area contributed by atoms with Crippen LogP contribution in [-0.4, -0.2) is 32.9 Å². The summed E-state index contributed by atoms with van der Waals surface area (Å²) in [6.07, 6.45) is 4.32. The van der Waals surface area contributed by atoms with Crippen molar-refractivity contribution in [2.24, 2.45) is 0 Å². The van der Waals surface area contributed by atoms with Crippen LogP contribution >= 0.6 is 0 Å². The summed E-state index contributed by atoms with van der Waals surface area (Å²) in [5.41, 5.74) is 1.70. The fourth-order valence-corrected chi connectivity index (χ4v) is 2.35. The Kier molecular flexibility index (Phi) is 5.08. The number of aromatic nitrogens is 4. The molecule has 0 aliphatic heterocycles. The van der Waals surface area contributed by atoms with Crippen molar-refractivity contribution in [1.29, 1.82) is 0 Å². The predicted octanol–water partition coefficient (Wildman–Crippen LogP) is 2.01. The molecule has 1 N–H and O–H groups in total. The SMILES string of the molecule is COc1ccccc1NC(=O)Cc1noc(CCn2cc(C)cn2)n1. The maximum atomic E-state index is 12.1. The summed E-state index contributed by atoms with van der Waals surface area (Å²) in [6.45, 7) is 2.62. The highest BCUT2D eigenvalue weighted by Crippen LogP contribution is 2.23. The number of anilines is 1. The Morgan fingerprint density at radius 1 is 1.36 bits per heavy atom. The highest BCUT2D eigenvalue weighted by Gasteiger charge is 2.13. The zero-order chi connectivity index (χ0) is 17.6. The van der Waals surface area contributed by atoms with Gasteiger partial charge in [-0.1, -0.05) is 17.3 Å². The zero-order valence-electron chi connectivity index (χ0n) is 14.1. The Balaban J connectivity index is 1.54. The first-order valence-electron chi connectivity index (χ1n) is 7.87. The second kappa shape index (κ2) is 7.61. The van der Waals surface area contributed by atoms with Crippen LogP contribution in [0, 0.1) is 6.92 Å². The Morgan fingerprint density at radius 3 is 2.96 bits per heavy atom. The van der Waals surface area contributed by atoms with Gasteiger partial charge >= 0.3 is 0 Å². The molecule has 8 heteroatoms. The third-order valence-electron chi connectivity index (χ3n) is 3.53. The van der Waals surface area contributed by atoms with Gasteiger partial charge in [0.2, 0.25) is 11.8 Å². The second-order valence-electron chi connectivity index (χ2n) is 5.56. The Bertz CT molecular complexity index is 855. The average molecular weight is 341 g/mol. The molecule has 2 aromatic heterocycles. The number of nitrogens with zero attached hydrogens (tertiary/aromatic N) is 4. The van der Waals surface area contributed by atoms with Gasteiger partial charge in [-0.3, -0.25) is 9.48 Å². The van der Waals surface area contributed by atoms with Gasteiger partial charge in [0, 0.05) is 19.2 Å². The van der Waals surface area contributed by atoms with Gasteiger partial charge in [-0.15, -0.1) is 0 Å². The number of ether oxygens (including phenoxy) is 1. The second-order valence-corrected chi connectivity index (χ2v) is 5.56. The molecule has 0 radical (unpaired) electrons. The van der Waals surface area contributed by atoms with Crippen LogP contribution in [0.4, 0.5) is 5.69 Å². The number of nitrogens with one attached hydrogen (secondary N) is 1. The first-order chi connectivity index (χ1) is 12.1. The van der Waals surface area contributed by atoms with E-state index >= 15 is 0 Å². The number of carbonyl (C=O) groups is 1. The highest BCUT2D eigenvalue weighted by molar-refractivity contribution is 5.93. The number of benzene rings is 1. The fourth-order valence-electron chi connectivity index (χ4n) is 2.35. The van der Waals surface area contributed by atoms with Gasteiger partial charge < -0.3 is 14.6 Å². The van der Waals surface area contributed by atoms with Crippen molar-refractivity contribution < 1.29 is 14.1 Å². The van der Waals surface area contributed by atoms with Crippen LogP contribution in [0.3, 0.4) is 0 Å². The molecule has 0 saturated carbocycles. The predicted molar refractivity (Wildman–Crippen MR) is 90.3 cm³/mol. The van der Waals surface area contributed by atoms with Gasteiger partial charge in [0.15, 0.2) is 5.82 Å². The lowest BCUT2D eigenvalue weighted by Crippen LogP contribution is -2.15. The number of methoxy groups -OCH3 is 1. The first-order valence-corrected chi connectivity index (χ1v) is 7.87. The molecule has 0 saturated heterocycles. The van der Waals surface area contributed by atoms with E-state index in [4.69, 9.17) is 9.26 Å². The van der Waals surface area contributed by atoms with E-state index in [0.717, 1.165) is 5.56 Å². The summed E-state index contributed by atoms with van der Waals surface area (Å²) in [4.78, 5) is 16.4. The van der Waals surface area contributed by atoms with Crippen molar-refractivity contribution >= 4 is 11.6 Å². The van der Waals surface area contributed by atoms with E-state index in [1.807, 2.05) is 29.9 Å². The van der Waals surface area contributed by atoms with Crippen LogP contribution in [0.25, 0.3) is 0 Å². The van der Waals surface area contributed by atoms with Gasteiger partial charge in [-0.2, -0.15) is 10.1 Å². The third-order valence-corrected chi connectivity index (χ3v) is 3.53. The Labute approximate surface area is 144 Å². The van der Waals surface area contributed by atoms with Gasteiger partial charge in [0.05, 0.1) is 25.4 Å². The van der Waals surface area contributed by atoms with Crippen LogP contribution in [0.15, 0.2) is 41.2 Å². The highest BCUT2D eigenvalue weighted by atomic mass is 16.5.